The molecule has 4 rings (SSSR count). The second-order valence-corrected chi connectivity index (χ2v) is 9.55. The van der Waals surface area contributed by atoms with E-state index in [1.807, 2.05) is 13.8 Å². The van der Waals surface area contributed by atoms with Gasteiger partial charge in [0.2, 0.25) is 5.91 Å². The summed E-state index contributed by atoms with van der Waals surface area (Å²) in [5, 5.41) is 9.42. The van der Waals surface area contributed by atoms with Gasteiger partial charge >= 0.3 is 11.9 Å². The van der Waals surface area contributed by atoms with Crippen LogP contribution in [0.2, 0.25) is 0 Å². The number of thioether (sulfide) groups is 1. The third-order valence-corrected chi connectivity index (χ3v) is 7.10. The number of ether oxygens (including phenoxy) is 1. The minimum Gasteiger partial charge on any atom is -0.478 e. The Bertz CT molecular complexity index is 1080. The molecule has 8 heteroatoms. The Morgan fingerprint density at radius 1 is 1.19 bits per heavy atom. The minimum absolute atomic E-state index is 0.0239. The number of esters is 1. The summed E-state index contributed by atoms with van der Waals surface area (Å²) in [6.07, 6.45) is 0. The standard InChI is InChI=1S/C23H22FNO5S/c1-12-16(25-17(26)10-31-20(25)13-4-6-14(24)7-5-13)9-8-15(21(27)28)18(12)19-22(29)30-11-23(19,2)3/h4-9,19-20H,10-11H2,1-3H3,(H,27,28). The highest BCUT2D eigenvalue weighted by Crippen LogP contribution is 2.48. The van der Waals surface area contributed by atoms with Crippen LogP contribution in [0, 0.1) is 18.2 Å². The van der Waals surface area contributed by atoms with Crippen molar-refractivity contribution in [3.8, 4) is 0 Å². The van der Waals surface area contributed by atoms with Crippen molar-refractivity contribution in [2.24, 2.45) is 5.41 Å². The summed E-state index contributed by atoms with van der Waals surface area (Å²) < 4.78 is 18.7. The van der Waals surface area contributed by atoms with Gasteiger partial charge in [-0.2, -0.15) is 0 Å². The minimum atomic E-state index is -1.14. The van der Waals surface area contributed by atoms with E-state index in [-0.39, 0.29) is 35.0 Å². The number of amides is 1. The fraction of sp³-hybridized carbons (Fsp3) is 0.348. The molecule has 1 amide bonds. The van der Waals surface area contributed by atoms with E-state index in [0.717, 1.165) is 5.56 Å². The number of carbonyl (C=O) groups is 3. The maximum atomic E-state index is 13.4. The van der Waals surface area contributed by atoms with Gasteiger partial charge in [0.1, 0.15) is 11.2 Å². The van der Waals surface area contributed by atoms with Crippen molar-refractivity contribution in [3.05, 3.63) is 64.5 Å². The highest BCUT2D eigenvalue weighted by molar-refractivity contribution is 8.00. The van der Waals surface area contributed by atoms with Crippen molar-refractivity contribution < 1.29 is 28.6 Å². The molecule has 1 N–H and O–H groups in total. The van der Waals surface area contributed by atoms with Gasteiger partial charge in [0.15, 0.2) is 0 Å². The number of aromatic carboxylic acids is 1. The van der Waals surface area contributed by atoms with E-state index < -0.39 is 23.3 Å². The van der Waals surface area contributed by atoms with Crippen LogP contribution < -0.4 is 4.90 Å². The van der Waals surface area contributed by atoms with Crippen molar-refractivity contribution in [3.63, 3.8) is 0 Å². The lowest BCUT2D eigenvalue weighted by molar-refractivity contribution is -0.139. The SMILES string of the molecule is Cc1c(N2C(=O)CSC2c2ccc(F)cc2)ccc(C(=O)O)c1C1C(=O)OCC1(C)C. The predicted molar refractivity (Wildman–Crippen MR) is 115 cm³/mol. The first-order chi connectivity index (χ1) is 14.6. The lowest BCUT2D eigenvalue weighted by atomic mass is 9.74. The first-order valence-corrected chi connectivity index (χ1v) is 10.9. The number of hydrogen-bond acceptors (Lipinski definition) is 5. The smallest absolute Gasteiger partial charge is 0.336 e. The number of halogens is 1. The highest BCUT2D eigenvalue weighted by Gasteiger charge is 2.47. The summed E-state index contributed by atoms with van der Waals surface area (Å²) in [7, 11) is 0. The average Bonchev–Trinajstić information content (AvgIpc) is 3.21. The van der Waals surface area contributed by atoms with Gasteiger partial charge in [-0.05, 0) is 47.9 Å². The Hall–Kier alpha value is -2.87. The zero-order valence-corrected chi connectivity index (χ0v) is 18.2. The van der Waals surface area contributed by atoms with Crippen LogP contribution in [0.15, 0.2) is 36.4 Å². The Kier molecular flexibility index (Phi) is 5.29. The molecule has 2 unspecified atom stereocenters. The normalized spacial score (nSPS) is 22.6. The van der Waals surface area contributed by atoms with E-state index in [1.165, 1.54) is 30.0 Å². The number of benzene rings is 2. The molecule has 0 spiro atoms. The van der Waals surface area contributed by atoms with Crippen LogP contribution in [0.25, 0.3) is 0 Å². The third kappa shape index (κ3) is 3.59. The number of nitrogens with zero attached hydrogens (tertiary/aromatic N) is 1. The number of rotatable bonds is 4. The van der Waals surface area contributed by atoms with Gasteiger partial charge in [-0.1, -0.05) is 26.0 Å². The number of carboxylic acids is 1. The van der Waals surface area contributed by atoms with Gasteiger partial charge in [0.05, 0.1) is 23.8 Å². The zero-order chi connectivity index (χ0) is 22.5. The quantitative estimate of drug-likeness (QED) is 0.711. The number of anilines is 1. The zero-order valence-electron chi connectivity index (χ0n) is 17.3. The van der Waals surface area contributed by atoms with Crippen molar-refractivity contribution in [2.75, 3.05) is 17.3 Å². The molecule has 2 atom stereocenters. The Morgan fingerprint density at radius 2 is 1.87 bits per heavy atom. The highest BCUT2D eigenvalue weighted by atomic mass is 32.2. The summed E-state index contributed by atoms with van der Waals surface area (Å²) >= 11 is 1.42. The number of cyclic esters (lactones) is 1. The first kappa shape index (κ1) is 21.4. The van der Waals surface area contributed by atoms with E-state index >= 15 is 0 Å². The molecule has 2 fully saturated rings. The molecule has 2 aromatic rings. The van der Waals surface area contributed by atoms with Crippen molar-refractivity contribution >= 4 is 35.3 Å². The predicted octanol–water partition coefficient (Wildman–Crippen LogP) is 4.28. The maximum Gasteiger partial charge on any atom is 0.336 e. The van der Waals surface area contributed by atoms with E-state index in [1.54, 1.807) is 30.0 Å². The number of carboxylic acid groups (broad SMARTS) is 1. The second kappa shape index (κ2) is 7.67. The van der Waals surface area contributed by atoms with E-state index in [4.69, 9.17) is 4.74 Å². The van der Waals surface area contributed by atoms with Gasteiger partial charge in [0, 0.05) is 11.1 Å². The Labute approximate surface area is 183 Å². The Balaban J connectivity index is 1.87. The molecule has 2 aliphatic rings. The number of carbonyl (C=O) groups excluding carboxylic acids is 2. The molecule has 2 aliphatic heterocycles. The molecule has 0 bridgehead atoms. The van der Waals surface area contributed by atoms with E-state index in [0.29, 0.717) is 16.8 Å². The van der Waals surface area contributed by atoms with Crippen molar-refractivity contribution in [1.82, 2.24) is 0 Å². The molecule has 0 radical (unpaired) electrons. The van der Waals surface area contributed by atoms with E-state index in [9.17, 15) is 23.9 Å². The largest absolute Gasteiger partial charge is 0.478 e. The van der Waals surface area contributed by atoms with Gasteiger partial charge in [0.25, 0.3) is 0 Å². The lowest BCUT2D eigenvalue weighted by Gasteiger charge is -2.30. The number of hydrogen-bond donors (Lipinski definition) is 1. The van der Waals surface area contributed by atoms with Gasteiger partial charge in [-0.3, -0.25) is 14.5 Å². The van der Waals surface area contributed by atoms with E-state index in [2.05, 4.69) is 0 Å². The molecule has 2 heterocycles. The van der Waals surface area contributed by atoms with Crippen LogP contribution in [0.1, 0.15) is 52.2 Å². The summed E-state index contributed by atoms with van der Waals surface area (Å²) in [4.78, 5) is 39.0. The molecular weight excluding hydrogens is 421 g/mol. The molecule has 31 heavy (non-hydrogen) atoms. The third-order valence-electron chi connectivity index (χ3n) is 5.89. The van der Waals surface area contributed by atoms with Crippen LogP contribution in [-0.4, -0.2) is 35.3 Å². The van der Waals surface area contributed by atoms with Crippen LogP contribution in [0.4, 0.5) is 10.1 Å². The summed E-state index contributed by atoms with van der Waals surface area (Å²) in [6, 6.07) is 9.02. The first-order valence-electron chi connectivity index (χ1n) is 9.84. The van der Waals surface area contributed by atoms with Gasteiger partial charge in [-0.25, -0.2) is 9.18 Å². The fourth-order valence-electron chi connectivity index (χ4n) is 4.35. The summed E-state index contributed by atoms with van der Waals surface area (Å²) in [5.74, 6) is -2.62. The monoisotopic (exact) mass is 443 g/mol. The second-order valence-electron chi connectivity index (χ2n) is 8.48. The molecule has 0 aromatic heterocycles. The molecular formula is C23H22FNO5S. The lowest BCUT2D eigenvalue weighted by Crippen LogP contribution is -2.30. The van der Waals surface area contributed by atoms with Gasteiger partial charge in [-0.15, -0.1) is 11.8 Å². The van der Waals surface area contributed by atoms with Crippen LogP contribution in [-0.2, 0) is 14.3 Å². The van der Waals surface area contributed by atoms with Crippen molar-refractivity contribution in [2.45, 2.75) is 32.1 Å². The molecule has 2 aromatic carbocycles. The molecule has 2 saturated heterocycles. The summed E-state index contributed by atoms with van der Waals surface area (Å²) in [6.45, 7) is 5.64. The van der Waals surface area contributed by atoms with Crippen LogP contribution in [0.3, 0.4) is 0 Å². The topological polar surface area (TPSA) is 83.9 Å². The fourth-order valence-corrected chi connectivity index (χ4v) is 5.52. The molecule has 6 nitrogen and oxygen atoms in total. The molecule has 0 aliphatic carbocycles. The average molecular weight is 443 g/mol. The van der Waals surface area contributed by atoms with Crippen LogP contribution in [0.5, 0.6) is 0 Å². The van der Waals surface area contributed by atoms with Crippen LogP contribution >= 0.6 is 11.8 Å². The molecule has 0 saturated carbocycles. The Morgan fingerprint density at radius 3 is 2.45 bits per heavy atom. The summed E-state index contributed by atoms with van der Waals surface area (Å²) in [5.41, 5.74) is 1.67. The van der Waals surface area contributed by atoms with Crippen molar-refractivity contribution in [1.29, 1.82) is 0 Å². The van der Waals surface area contributed by atoms with Gasteiger partial charge < -0.3 is 9.84 Å². The molecule has 162 valence electrons. The maximum absolute atomic E-state index is 13.4.